The predicted molar refractivity (Wildman–Crippen MR) is 72.6 cm³/mol. The van der Waals surface area contributed by atoms with Crippen LogP contribution in [-0.2, 0) is 0 Å². The maximum Gasteiger partial charge on any atom is 0.125 e. The first-order chi connectivity index (χ1) is 8.06. The Bertz CT molecular complexity index is 557. The Labute approximate surface area is 107 Å². The van der Waals surface area contributed by atoms with Gasteiger partial charge in [0.25, 0.3) is 0 Å². The van der Waals surface area contributed by atoms with Gasteiger partial charge in [-0.3, -0.25) is 0 Å². The number of nitrogens with two attached hydrogens (primary N) is 2. The van der Waals surface area contributed by atoms with E-state index in [1.165, 1.54) is 12.1 Å². The number of hydrogen-bond acceptors (Lipinski definition) is 3. The predicted octanol–water partition coefficient (Wildman–Crippen LogP) is 3.50. The van der Waals surface area contributed by atoms with E-state index in [1.807, 2.05) is 0 Å². The number of rotatable bonds is 2. The third kappa shape index (κ3) is 2.68. The molecule has 2 aromatic carbocycles. The smallest absolute Gasteiger partial charge is 0.125 e. The van der Waals surface area contributed by atoms with Gasteiger partial charge in [0.2, 0.25) is 0 Å². The first kappa shape index (κ1) is 11.7. The average Bonchev–Trinajstić information content (AvgIpc) is 2.29. The summed E-state index contributed by atoms with van der Waals surface area (Å²) in [6, 6.07) is 9.60. The standard InChI is InChI=1S/C12H11BrFN3/c13-9-3-1-7(14)5-12(9)17-8-2-4-10(15)11(16)6-8/h1-6,17H,15-16H2. The summed E-state index contributed by atoms with van der Waals surface area (Å²) in [5.41, 5.74) is 13.7. The Hall–Kier alpha value is -1.75. The molecule has 0 aliphatic heterocycles. The Kier molecular flexibility index (Phi) is 3.19. The highest BCUT2D eigenvalue weighted by atomic mass is 79.9. The number of nitrogens with one attached hydrogen (secondary N) is 1. The van der Waals surface area contributed by atoms with Crippen LogP contribution >= 0.6 is 15.9 Å². The van der Waals surface area contributed by atoms with Crippen LogP contribution < -0.4 is 16.8 Å². The summed E-state index contributed by atoms with van der Waals surface area (Å²) in [6.07, 6.45) is 0. The van der Waals surface area contributed by atoms with E-state index in [4.69, 9.17) is 11.5 Å². The SMILES string of the molecule is Nc1ccc(Nc2cc(F)ccc2Br)cc1N. The van der Waals surface area contributed by atoms with Crippen molar-refractivity contribution in [1.29, 1.82) is 0 Å². The van der Waals surface area contributed by atoms with E-state index < -0.39 is 0 Å². The van der Waals surface area contributed by atoms with Gasteiger partial charge in [0.15, 0.2) is 0 Å². The summed E-state index contributed by atoms with van der Waals surface area (Å²) < 4.78 is 13.9. The fraction of sp³-hybridized carbons (Fsp3) is 0. The molecule has 3 nitrogen and oxygen atoms in total. The van der Waals surface area contributed by atoms with Crippen LogP contribution in [0.15, 0.2) is 40.9 Å². The summed E-state index contributed by atoms with van der Waals surface area (Å²) in [4.78, 5) is 0. The molecule has 0 aliphatic carbocycles. The van der Waals surface area contributed by atoms with Crippen molar-refractivity contribution in [1.82, 2.24) is 0 Å². The van der Waals surface area contributed by atoms with Crippen LogP contribution in [0.25, 0.3) is 0 Å². The maximum atomic E-state index is 13.1. The lowest BCUT2D eigenvalue weighted by Gasteiger charge is -2.10. The van der Waals surface area contributed by atoms with Crippen LogP contribution in [0.4, 0.5) is 27.1 Å². The monoisotopic (exact) mass is 295 g/mol. The third-order valence-corrected chi connectivity index (χ3v) is 2.99. The molecule has 5 heteroatoms. The van der Waals surface area contributed by atoms with Gasteiger partial charge in [-0.2, -0.15) is 0 Å². The highest BCUT2D eigenvalue weighted by molar-refractivity contribution is 9.10. The lowest BCUT2D eigenvalue weighted by molar-refractivity contribution is 0.628. The largest absolute Gasteiger partial charge is 0.397 e. The molecule has 2 rings (SSSR count). The second-order valence-corrected chi connectivity index (χ2v) is 4.45. The van der Waals surface area contributed by atoms with E-state index in [0.717, 1.165) is 10.2 Å². The van der Waals surface area contributed by atoms with E-state index in [9.17, 15) is 4.39 Å². The van der Waals surface area contributed by atoms with Crippen LogP contribution in [0.5, 0.6) is 0 Å². The van der Waals surface area contributed by atoms with Crippen molar-refractivity contribution in [2.75, 3.05) is 16.8 Å². The quantitative estimate of drug-likeness (QED) is 0.743. The van der Waals surface area contributed by atoms with Crippen molar-refractivity contribution in [2.24, 2.45) is 0 Å². The molecule has 0 aromatic heterocycles. The zero-order valence-electron chi connectivity index (χ0n) is 8.87. The van der Waals surface area contributed by atoms with Gasteiger partial charge in [0.1, 0.15) is 5.82 Å². The van der Waals surface area contributed by atoms with Crippen molar-refractivity contribution >= 4 is 38.7 Å². The Morgan fingerprint density at radius 2 is 1.76 bits per heavy atom. The van der Waals surface area contributed by atoms with Gasteiger partial charge >= 0.3 is 0 Å². The van der Waals surface area contributed by atoms with Crippen molar-refractivity contribution in [2.45, 2.75) is 0 Å². The summed E-state index contributed by atoms with van der Waals surface area (Å²) in [5, 5.41) is 3.06. The zero-order chi connectivity index (χ0) is 12.4. The first-order valence-corrected chi connectivity index (χ1v) is 5.72. The lowest BCUT2D eigenvalue weighted by atomic mass is 10.2. The molecular weight excluding hydrogens is 285 g/mol. The molecule has 0 amide bonds. The highest BCUT2D eigenvalue weighted by Crippen LogP contribution is 2.28. The third-order valence-electron chi connectivity index (χ3n) is 2.29. The molecule has 0 saturated heterocycles. The van der Waals surface area contributed by atoms with Crippen molar-refractivity contribution < 1.29 is 4.39 Å². The molecule has 0 aliphatic rings. The molecular formula is C12H11BrFN3. The normalized spacial score (nSPS) is 10.2. The van der Waals surface area contributed by atoms with Gasteiger partial charge < -0.3 is 16.8 Å². The van der Waals surface area contributed by atoms with Crippen LogP contribution in [0, 0.1) is 5.82 Å². The van der Waals surface area contributed by atoms with Gasteiger partial charge in [-0.25, -0.2) is 4.39 Å². The molecule has 0 unspecified atom stereocenters. The van der Waals surface area contributed by atoms with Gasteiger partial charge in [-0.05, 0) is 52.3 Å². The summed E-state index contributed by atoms with van der Waals surface area (Å²) in [5.74, 6) is -0.306. The van der Waals surface area contributed by atoms with E-state index in [2.05, 4.69) is 21.2 Å². The highest BCUT2D eigenvalue weighted by Gasteiger charge is 2.03. The van der Waals surface area contributed by atoms with Gasteiger partial charge in [0, 0.05) is 10.2 Å². The van der Waals surface area contributed by atoms with Crippen LogP contribution in [0.3, 0.4) is 0 Å². The van der Waals surface area contributed by atoms with E-state index in [1.54, 1.807) is 24.3 Å². The van der Waals surface area contributed by atoms with Gasteiger partial charge in [0.05, 0.1) is 17.1 Å². The summed E-state index contributed by atoms with van der Waals surface area (Å²) >= 11 is 3.34. The summed E-state index contributed by atoms with van der Waals surface area (Å²) in [6.45, 7) is 0. The van der Waals surface area contributed by atoms with Crippen LogP contribution in [-0.4, -0.2) is 0 Å². The van der Waals surface area contributed by atoms with Crippen LogP contribution in [0.1, 0.15) is 0 Å². The lowest BCUT2D eigenvalue weighted by Crippen LogP contribution is -1.97. The van der Waals surface area contributed by atoms with E-state index >= 15 is 0 Å². The first-order valence-electron chi connectivity index (χ1n) is 4.93. The van der Waals surface area contributed by atoms with Gasteiger partial charge in [-0.15, -0.1) is 0 Å². The molecule has 5 N–H and O–H groups in total. The van der Waals surface area contributed by atoms with Gasteiger partial charge in [-0.1, -0.05) is 0 Å². The van der Waals surface area contributed by atoms with Crippen molar-refractivity contribution in [3.05, 3.63) is 46.7 Å². The van der Waals surface area contributed by atoms with Crippen molar-refractivity contribution in [3.63, 3.8) is 0 Å². The Morgan fingerprint density at radius 3 is 2.47 bits per heavy atom. The minimum Gasteiger partial charge on any atom is -0.397 e. The second kappa shape index (κ2) is 4.63. The topological polar surface area (TPSA) is 64.1 Å². The molecule has 0 fully saturated rings. The zero-order valence-corrected chi connectivity index (χ0v) is 10.5. The molecule has 0 bridgehead atoms. The van der Waals surface area contributed by atoms with Crippen LogP contribution in [0.2, 0.25) is 0 Å². The van der Waals surface area contributed by atoms with E-state index in [0.29, 0.717) is 17.1 Å². The number of anilines is 4. The number of halogens is 2. The molecule has 0 saturated carbocycles. The van der Waals surface area contributed by atoms with E-state index in [-0.39, 0.29) is 5.82 Å². The molecule has 0 radical (unpaired) electrons. The molecule has 2 aromatic rings. The minimum absolute atomic E-state index is 0.306. The van der Waals surface area contributed by atoms with Crippen molar-refractivity contribution in [3.8, 4) is 0 Å². The number of nitrogen functional groups attached to an aromatic ring is 2. The second-order valence-electron chi connectivity index (χ2n) is 3.59. The maximum absolute atomic E-state index is 13.1. The minimum atomic E-state index is -0.306. The Morgan fingerprint density at radius 1 is 1.00 bits per heavy atom. The number of benzene rings is 2. The average molecular weight is 296 g/mol. The Balaban J connectivity index is 2.31. The molecule has 17 heavy (non-hydrogen) atoms. The molecule has 88 valence electrons. The number of hydrogen-bond donors (Lipinski definition) is 3. The molecule has 0 spiro atoms. The molecule has 0 heterocycles. The summed E-state index contributed by atoms with van der Waals surface area (Å²) in [7, 11) is 0. The molecule has 0 atom stereocenters. The fourth-order valence-corrected chi connectivity index (χ4v) is 1.75. The fourth-order valence-electron chi connectivity index (χ4n) is 1.40.